The second-order valence-corrected chi connectivity index (χ2v) is 9.04. The minimum Gasteiger partial charge on any atom is -0.495 e. The molecule has 0 unspecified atom stereocenters. The number of carbonyl (C=O) groups excluding carboxylic acids is 2. The Labute approximate surface area is 210 Å². The van der Waals surface area contributed by atoms with Crippen LogP contribution in [0.2, 0.25) is 5.02 Å². The third kappa shape index (κ3) is 4.84. The van der Waals surface area contributed by atoms with E-state index in [1.807, 2.05) is 47.8 Å². The summed E-state index contributed by atoms with van der Waals surface area (Å²) in [5.74, 6) is 0.291. The summed E-state index contributed by atoms with van der Waals surface area (Å²) < 4.78 is 10.9. The highest BCUT2D eigenvalue weighted by molar-refractivity contribution is 7.13. The summed E-state index contributed by atoms with van der Waals surface area (Å²) in [4.78, 5) is 31.8. The molecular formula is C26H20ClN3O4S. The molecule has 3 aromatic carbocycles. The molecule has 1 N–H and O–H groups in total. The van der Waals surface area contributed by atoms with Gasteiger partial charge in [0.25, 0.3) is 5.91 Å². The van der Waals surface area contributed by atoms with Crippen LogP contribution in [0.15, 0.2) is 72.1 Å². The summed E-state index contributed by atoms with van der Waals surface area (Å²) in [6, 6.07) is 20.4. The Morgan fingerprint density at radius 3 is 2.77 bits per heavy atom. The first-order valence-corrected chi connectivity index (χ1v) is 12.0. The fourth-order valence-corrected chi connectivity index (χ4v) is 4.77. The normalized spacial score (nSPS) is 12.6. The highest BCUT2D eigenvalue weighted by Gasteiger charge is 2.28. The molecule has 176 valence electrons. The van der Waals surface area contributed by atoms with Crippen LogP contribution in [0.3, 0.4) is 0 Å². The number of fused-ring (bicyclic) bond motifs is 1. The van der Waals surface area contributed by atoms with Gasteiger partial charge < -0.3 is 14.8 Å². The molecule has 0 spiro atoms. The van der Waals surface area contributed by atoms with E-state index < -0.39 is 5.91 Å². The van der Waals surface area contributed by atoms with Gasteiger partial charge >= 0.3 is 0 Å². The van der Waals surface area contributed by atoms with Crippen LogP contribution in [0.4, 0.5) is 11.4 Å². The van der Waals surface area contributed by atoms with Gasteiger partial charge in [0.05, 0.1) is 24.2 Å². The molecule has 7 nitrogen and oxygen atoms in total. The average molecular weight is 506 g/mol. The number of rotatable bonds is 6. The van der Waals surface area contributed by atoms with E-state index in [2.05, 4.69) is 5.32 Å². The lowest BCUT2D eigenvalue weighted by molar-refractivity contribution is -0.123. The van der Waals surface area contributed by atoms with Crippen LogP contribution in [0.1, 0.15) is 0 Å². The van der Waals surface area contributed by atoms with E-state index in [4.69, 9.17) is 26.1 Å². The first kappa shape index (κ1) is 22.9. The molecule has 0 bridgehead atoms. The Balaban J connectivity index is 1.40. The van der Waals surface area contributed by atoms with Gasteiger partial charge in [0.15, 0.2) is 6.61 Å². The maximum atomic E-state index is 12.9. The van der Waals surface area contributed by atoms with Gasteiger partial charge in [0, 0.05) is 21.5 Å². The van der Waals surface area contributed by atoms with Crippen LogP contribution in [-0.2, 0) is 9.59 Å². The molecule has 4 aromatic rings. The minimum atomic E-state index is -0.391. The molecule has 1 aromatic heterocycles. The van der Waals surface area contributed by atoms with Crippen molar-refractivity contribution in [3.8, 4) is 33.3 Å². The van der Waals surface area contributed by atoms with E-state index in [1.54, 1.807) is 35.6 Å². The number of hydrogen-bond donors (Lipinski definition) is 1. The van der Waals surface area contributed by atoms with Gasteiger partial charge in [0.2, 0.25) is 5.91 Å². The molecule has 0 saturated heterocycles. The Morgan fingerprint density at radius 1 is 1.14 bits per heavy atom. The van der Waals surface area contributed by atoms with Crippen LogP contribution >= 0.6 is 22.9 Å². The lowest BCUT2D eigenvalue weighted by Gasteiger charge is -2.29. The molecule has 5 rings (SSSR count). The predicted molar refractivity (Wildman–Crippen MR) is 137 cm³/mol. The number of amides is 2. The monoisotopic (exact) mass is 505 g/mol. The number of anilines is 2. The molecular weight excluding hydrogens is 486 g/mol. The fourth-order valence-electron chi connectivity index (χ4n) is 3.77. The molecule has 0 atom stereocenters. The summed E-state index contributed by atoms with van der Waals surface area (Å²) >= 11 is 7.61. The van der Waals surface area contributed by atoms with Crippen molar-refractivity contribution >= 4 is 46.1 Å². The standard InChI is InChI=1S/C26H20ClN3O4S/c1-33-22-10-8-18(27)12-19(22)28-24(31)13-30-21-11-17(7-9-23(21)34-14-25(30)32)20-15-35-26(29-20)16-5-3-2-4-6-16/h2-12,15H,13-14H2,1H3,(H,28,31). The Morgan fingerprint density at radius 2 is 1.97 bits per heavy atom. The van der Waals surface area contributed by atoms with E-state index in [1.165, 1.54) is 12.0 Å². The van der Waals surface area contributed by atoms with E-state index in [-0.39, 0.29) is 19.1 Å². The number of carbonyl (C=O) groups is 2. The van der Waals surface area contributed by atoms with Crippen molar-refractivity contribution in [2.75, 3.05) is 30.5 Å². The molecule has 0 aliphatic carbocycles. The molecule has 2 heterocycles. The number of methoxy groups -OCH3 is 1. The lowest BCUT2D eigenvalue weighted by atomic mass is 10.1. The van der Waals surface area contributed by atoms with Crippen LogP contribution < -0.4 is 19.7 Å². The van der Waals surface area contributed by atoms with E-state index in [9.17, 15) is 9.59 Å². The summed E-state index contributed by atoms with van der Waals surface area (Å²) in [7, 11) is 1.50. The molecule has 0 radical (unpaired) electrons. The van der Waals surface area contributed by atoms with E-state index in [0.29, 0.717) is 27.9 Å². The molecule has 35 heavy (non-hydrogen) atoms. The molecule has 1 aliphatic heterocycles. The SMILES string of the molecule is COc1ccc(Cl)cc1NC(=O)CN1C(=O)COc2ccc(-c3csc(-c4ccccc4)n3)cc21. The zero-order chi connectivity index (χ0) is 24.4. The predicted octanol–water partition coefficient (Wildman–Crippen LogP) is 5.50. The topological polar surface area (TPSA) is 80.8 Å². The quantitative estimate of drug-likeness (QED) is 0.374. The summed E-state index contributed by atoms with van der Waals surface area (Å²) in [5.41, 5.74) is 3.58. The van der Waals surface area contributed by atoms with Gasteiger partial charge in [-0.3, -0.25) is 14.5 Å². The van der Waals surface area contributed by atoms with Crippen molar-refractivity contribution in [1.82, 2.24) is 4.98 Å². The highest BCUT2D eigenvalue weighted by Crippen LogP contribution is 2.37. The maximum Gasteiger partial charge on any atom is 0.265 e. The number of hydrogen-bond acceptors (Lipinski definition) is 6. The Hall–Kier alpha value is -3.88. The first-order chi connectivity index (χ1) is 17.0. The van der Waals surface area contributed by atoms with Crippen molar-refractivity contribution in [2.45, 2.75) is 0 Å². The molecule has 1 aliphatic rings. The highest BCUT2D eigenvalue weighted by atomic mass is 35.5. The molecule has 9 heteroatoms. The van der Waals surface area contributed by atoms with Crippen molar-refractivity contribution in [2.24, 2.45) is 0 Å². The van der Waals surface area contributed by atoms with Crippen LogP contribution in [-0.4, -0.2) is 37.1 Å². The lowest BCUT2D eigenvalue weighted by Crippen LogP contribution is -2.43. The smallest absolute Gasteiger partial charge is 0.265 e. The van der Waals surface area contributed by atoms with Crippen LogP contribution in [0.25, 0.3) is 21.8 Å². The number of nitrogens with one attached hydrogen (secondary N) is 1. The number of aromatic nitrogens is 1. The minimum absolute atomic E-state index is 0.144. The molecule has 0 saturated carbocycles. The zero-order valence-electron chi connectivity index (χ0n) is 18.7. The van der Waals surface area contributed by atoms with Crippen molar-refractivity contribution < 1.29 is 19.1 Å². The van der Waals surface area contributed by atoms with Crippen molar-refractivity contribution in [1.29, 1.82) is 0 Å². The number of ether oxygens (including phenoxy) is 2. The Bertz CT molecular complexity index is 1410. The number of halogens is 1. The van der Waals surface area contributed by atoms with Crippen LogP contribution in [0.5, 0.6) is 11.5 Å². The average Bonchev–Trinajstić information content (AvgIpc) is 3.37. The third-order valence-corrected chi connectivity index (χ3v) is 6.59. The largest absolute Gasteiger partial charge is 0.495 e. The van der Waals surface area contributed by atoms with Gasteiger partial charge in [-0.25, -0.2) is 4.98 Å². The van der Waals surface area contributed by atoms with Gasteiger partial charge in [-0.05, 0) is 36.4 Å². The van der Waals surface area contributed by atoms with Gasteiger partial charge in [0.1, 0.15) is 23.1 Å². The van der Waals surface area contributed by atoms with E-state index >= 15 is 0 Å². The van der Waals surface area contributed by atoms with Crippen molar-refractivity contribution in [3.05, 3.63) is 77.1 Å². The second kappa shape index (κ2) is 9.77. The van der Waals surface area contributed by atoms with Crippen LogP contribution in [0, 0.1) is 0 Å². The Kier molecular flexibility index (Phi) is 6.39. The summed E-state index contributed by atoms with van der Waals surface area (Å²) in [6.07, 6.45) is 0. The fraction of sp³-hybridized carbons (Fsp3) is 0.115. The second-order valence-electron chi connectivity index (χ2n) is 7.75. The number of nitrogens with zero attached hydrogens (tertiary/aromatic N) is 2. The maximum absolute atomic E-state index is 12.9. The number of thiazole rings is 1. The first-order valence-electron chi connectivity index (χ1n) is 10.7. The third-order valence-electron chi connectivity index (χ3n) is 5.46. The number of benzene rings is 3. The van der Waals surface area contributed by atoms with Gasteiger partial charge in [-0.15, -0.1) is 11.3 Å². The van der Waals surface area contributed by atoms with Crippen molar-refractivity contribution in [3.63, 3.8) is 0 Å². The molecule has 2 amide bonds. The summed E-state index contributed by atoms with van der Waals surface area (Å²) in [6.45, 7) is -0.338. The zero-order valence-corrected chi connectivity index (χ0v) is 20.2. The van der Waals surface area contributed by atoms with E-state index in [0.717, 1.165) is 21.8 Å². The summed E-state index contributed by atoms with van der Waals surface area (Å²) in [5, 5.41) is 6.10. The van der Waals surface area contributed by atoms with Gasteiger partial charge in [-0.1, -0.05) is 41.9 Å². The van der Waals surface area contributed by atoms with Gasteiger partial charge in [-0.2, -0.15) is 0 Å². The molecule has 0 fully saturated rings.